The fourth-order valence-corrected chi connectivity index (χ4v) is 1.02. The van der Waals surface area contributed by atoms with E-state index in [0.29, 0.717) is 22.7 Å². The Morgan fingerprint density at radius 2 is 2.38 bits per heavy atom. The number of anilines is 1. The van der Waals surface area contributed by atoms with Crippen LogP contribution in [0.1, 0.15) is 5.69 Å². The molecule has 3 N–H and O–H groups in total. The standard InChI is InChI=1S/C7H10BrN3O2/c1-4-5(8)6(13)11-7(10-4)9-2-3-12/h12H,2-3H2,1H3,(H2,9,10,11,13). The van der Waals surface area contributed by atoms with E-state index < -0.39 is 0 Å². The largest absolute Gasteiger partial charge is 0.395 e. The average molecular weight is 248 g/mol. The lowest BCUT2D eigenvalue weighted by Crippen LogP contribution is -2.16. The van der Waals surface area contributed by atoms with Crippen molar-refractivity contribution in [3.8, 4) is 0 Å². The van der Waals surface area contributed by atoms with Crippen molar-refractivity contribution in [3.05, 3.63) is 20.5 Å². The summed E-state index contributed by atoms with van der Waals surface area (Å²) in [7, 11) is 0. The lowest BCUT2D eigenvalue weighted by molar-refractivity contribution is 0.310. The summed E-state index contributed by atoms with van der Waals surface area (Å²) in [6, 6.07) is 0. The number of halogens is 1. The van der Waals surface area contributed by atoms with Crippen molar-refractivity contribution in [2.24, 2.45) is 0 Å². The summed E-state index contributed by atoms with van der Waals surface area (Å²) in [5, 5.41) is 11.3. The third kappa shape index (κ3) is 2.53. The number of aliphatic hydroxyl groups excluding tert-OH is 1. The Bertz CT molecular complexity index is 350. The molecule has 1 heterocycles. The number of hydrogen-bond donors (Lipinski definition) is 3. The molecule has 6 heteroatoms. The van der Waals surface area contributed by atoms with Crippen molar-refractivity contribution in [2.75, 3.05) is 18.5 Å². The molecule has 5 nitrogen and oxygen atoms in total. The minimum Gasteiger partial charge on any atom is -0.395 e. The number of hydrogen-bond acceptors (Lipinski definition) is 4. The van der Waals surface area contributed by atoms with Gasteiger partial charge in [0.05, 0.1) is 12.3 Å². The van der Waals surface area contributed by atoms with Crippen LogP contribution in [0.3, 0.4) is 0 Å². The summed E-state index contributed by atoms with van der Waals surface area (Å²) in [6.07, 6.45) is 0. The number of aromatic nitrogens is 2. The zero-order valence-electron chi connectivity index (χ0n) is 7.09. The Labute approximate surface area is 83.3 Å². The van der Waals surface area contributed by atoms with Crippen molar-refractivity contribution < 1.29 is 5.11 Å². The van der Waals surface area contributed by atoms with E-state index in [4.69, 9.17) is 5.11 Å². The van der Waals surface area contributed by atoms with Gasteiger partial charge < -0.3 is 10.4 Å². The second-order valence-electron chi connectivity index (χ2n) is 2.46. The first-order chi connectivity index (χ1) is 6.15. The predicted octanol–water partition coefficient (Wildman–Crippen LogP) is 0.245. The topological polar surface area (TPSA) is 78.0 Å². The van der Waals surface area contributed by atoms with Crippen LogP contribution in [-0.4, -0.2) is 28.2 Å². The van der Waals surface area contributed by atoms with Gasteiger partial charge in [0, 0.05) is 6.54 Å². The van der Waals surface area contributed by atoms with Gasteiger partial charge in [-0.3, -0.25) is 9.78 Å². The first-order valence-electron chi connectivity index (χ1n) is 3.76. The molecule has 0 saturated heterocycles. The summed E-state index contributed by atoms with van der Waals surface area (Å²) < 4.78 is 0.432. The average Bonchev–Trinajstić information content (AvgIpc) is 2.10. The minimum absolute atomic E-state index is 0.00117. The van der Waals surface area contributed by atoms with E-state index >= 15 is 0 Å². The molecule has 0 fully saturated rings. The molecular weight excluding hydrogens is 238 g/mol. The number of rotatable bonds is 3. The highest BCUT2D eigenvalue weighted by atomic mass is 79.9. The van der Waals surface area contributed by atoms with Gasteiger partial charge in [-0.05, 0) is 22.9 Å². The summed E-state index contributed by atoms with van der Waals surface area (Å²) in [5.41, 5.74) is 0.386. The van der Waals surface area contributed by atoms with E-state index in [1.54, 1.807) is 6.92 Å². The summed E-state index contributed by atoms with van der Waals surface area (Å²) in [6.45, 7) is 2.09. The Hall–Kier alpha value is -0.880. The molecule has 1 aromatic heterocycles. The van der Waals surface area contributed by atoms with Gasteiger partial charge in [-0.15, -0.1) is 0 Å². The summed E-state index contributed by atoms with van der Waals surface area (Å²) in [4.78, 5) is 17.7. The number of H-pyrrole nitrogens is 1. The Morgan fingerprint density at radius 1 is 1.69 bits per heavy atom. The molecule has 0 unspecified atom stereocenters. The van der Waals surface area contributed by atoms with Gasteiger partial charge in [0.1, 0.15) is 4.47 Å². The van der Waals surface area contributed by atoms with Crippen molar-refractivity contribution >= 4 is 21.9 Å². The van der Waals surface area contributed by atoms with E-state index in [2.05, 4.69) is 31.2 Å². The molecule has 0 aromatic carbocycles. The fourth-order valence-electron chi connectivity index (χ4n) is 0.829. The van der Waals surface area contributed by atoms with Gasteiger partial charge in [0.15, 0.2) is 0 Å². The maximum Gasteiger partial charge on any atom is 0.266 e. The SMILES string of the molecule is Cc1nc(NCCO)[nH]c(=O)c1Br. The molecular formula is C7H10BrN3O2. The van der Waals surface area contributed by atoms with Gasteiger partial charge in [-0.2, -0.15) is 0 Å². The molecule has 13 heavy (non-hydrogen) atoms. The lowest BCUT2D eigenvalue weighted by Gasteiger charge is -2.04. The van der Waals surface area contributed by atoms with Crippen LogP contribution in [0, 0.1) is 6.92 Å². The molecule has 0 aliphatic heterocycles. The van der Waals surface area contributed by atoms with Crippen molar-refractivity contribution in [2.45, 2.75) is 6.92 Å². The molecule has 72 valence electrons. The summed E-state index contributed by atoms with van der Waals surface area (Å²) in [5.74, 6) is 0.375. The second-order valence-corrected chi connectivity index (χ2v) is 3.26. The summed E-state index contributed by atoms with van der Waals surface area (Å²) >= 11 is 3.10. The zero-order chi connectivity index (χ0) is 9.84. The van der Waals surface area contributed by atoms with E-state index in [-0.39, 0.29) is 12.2 Å². The van der Waals surface area contributed by atoms with E-state index in [1.165, 1.54) is 0 Å². The number of nitrogens with zero attached hydrogens (tertiary/aromatic N) is 1. The maximum atomic E-state index is 11.2. The number of aliphatic hydroxyl groups is 1. The highest BCUT2D eigenvalue weighted by Gasteiger charge is 2.03. The zero-order valence-corrected chi connectivity index (χ0v) is 8.68. The highest BCUT2D eigenvalue weighted by molar-refractivity contribution is 9.10. The molecule has 1 rings (SSSR count). The minimum atomic E-state index is -0.229. The maximum absolute atomic E-state index is 11.2. The number of nitrogens with one attached hydrogen (secondary N) is 2. The fraction of sp³-hybridized carbons (Fsp3) is 0.429. The first kappa shape index (κ1) is 10.2. The van der Waals surface area contributed by atoms with Crippen LogP contribution in [0.5, 0.6) is 0 Å². The monoisotopic (exact) mass is 247 g/mol. The molecule has 1 aromatic rings. The van der Waals surface area contributed by atoms with Gasteiger partial charge in [0.25, 0.3) is 5.56 Å². The number of aryl methyl sites for hydroxylation is 1. The van der Waals surface area contributed by atoms with Crippen molar-refractivity contribution in [1.29, 1.82) is 0 Å². The molecule has 0 atom stereocenters. The molecule has 0 amide bonds. The normalized spacial score (nSPS) is 10.1. The van der Waals surface area contributed by atoms with Gasteiger partial charge in [-0.25, -0.2) is 4.98 Å². The predicted molar refractivity (Wildman–Crippen MR) is 52.9 cm³/mol. The van der Waals surface area contributed by atoms with Crippen LogP contribution in [0.25, 0.3) is 0 Å². The van der Waals surface area contributed by atoms with Crippen LogP contribution in [0.15, 0.2) is 9.27 Å². The smallest absolute Gasteiger partial charge is 0.266 e. The third-order valence-electron chi connectivity index (χ3n) is 1.43. The Balaban J connectivity index is 2.93. The van der Waals surface area contributed by atoms with Gasteiger partial charge in [-0.1, -0.05) is 0 Å². The van der Waals surface area contributed by atoms with E-state index in [1.807, 2.05) is 0 Å². The Kier molecular flexibility index (Phi) is 3.44. The quantitative estimate of drug-likeness (QED) is 0.716. The first-order valence-corrected chi connectivity index (χ1v) is 4.55. The highest BCUT2D eigenvalue weighted by Crippen LogP contribution is 2.08. The van der Waals surface area contributed by atoms with Crippen LogP contribution < -0.4 is 10.9 Å². The van der Waals surface area contributed by atoms with Crippen molar-refractivity contribution in [3.63, 3.8) is 0 Å². The van der Waals surface area contributed by atoms with Gasteiger partial charge in [0.2, 0.25) is 5.95 Å². The Morgan fingerprint density at radius 3 is 2.92 bits per heavy atom. The van der Waals surface area contributed by atoms with E-state index in [9.17, 15) is 4.79 Å². The molecule has 0 aliphatic carbocycles. The van der Waals surface area contributed by atoms with Crippen LogP contribution >= 0.6 is 15.9 Å². The molecule has 0 radical (unpaired) electrons. The van der Waals surface area contributed by atoms with Gasteiger partial charge >= 0.3 is 0 Å². The lowest BCUT2D eigenvalue weighted by atomic mass is 10.4. The van der Waals surface area contributed by atoms with Crippen molar-refractivity contribution in [1.82, 2.24) is 9.97 Å². The molecule has 0 spiro atoms. The second kappa shape index (κ2) is 4.38. The molecule has 0 bridgehead atoms. The molecule has 0 aliphatic rings. The van der Waals surface area contributed by atoms with E-state index in [0.717, 1.165) is 0 Å². The van der Waals surface area contributed by atoms with Crippen LogP contribution in [-0.2, 0) is 0 Å². The van der Waals surface area contributed by atoms with Crippen LogP contribution in [0.2, 0.25) is 0 Å². The third-order valence-corrected chi connectivity index (χ3v) is 2.37. The number of aromatic amines is 1. The molecule has 0 saturated carbocycles. The van der Waals surface area contributed by atoms with Crippen LogP contribution in [0.4, 0.5) is 5.95 Å².